The highest BCUT2D eigenvalue weighted by atomic mass is 16.3. The number of nitrogens with zero attached hydrogens (tertiary/aromatic N) is 2. The van der Waals surface area contributed by atoms with Crippen LogP contribution in [0.15, 0.2) is 39.0 Å². The number of benzene rings is 1. The number of rotatable bonds is 6. The van der Waals surface area contributed by atoms with Crippen LogP contribution in [0.2, 0.25) is 0 Å². The highest BCUT2D eigenvalue weighted by Crippen LogP contribution is 2.15. The predicted octanol–water partition coefficient (Wildman–Crippen LogP) is 0.902. The van der Waals surface area contributed by atoms with Gasteiger partial charge in [-0.25, -0.2) is 10.2 Å². The molecule has 4 N–H and O–H groups in total. The topological polar surface area (TPSA) is 137 Å². The van der Waals surface area contributed by atoms with Gasteiger partial charge in [0.05, 0.1) is 11.3 Å². The number of unbranched alkanes of at least 4 members (excludes halogenated alkanes) is 1. The molecule has 26 heavy (non-hydrogen) atoms. The lowest BCUT2D eigenvalue weighted by molar-refractivity contribution is 0.0952. The summed E-state index contributed by atoms with van der Waals surface area (Å²) < 4.78 is 1.05. The van der Waals surface area contributed by atoms with Gasteiger partial charge in [-0.15, -0.1) is 0 Å². The minimum absolute atomic E-state index is 0.00935. The van der Waals surface area contributed by atoms with Crippen LogP contribution in [-0.4, -0.2) is 31.4 Å². The minimum atomic E-state index is -0.807. The van der Waals surface area contributed by atoms with Crippen molar-refractivity contribution < 1.29 is 15.0 Å². The number of nitrogens with one attached hydrogen (secondary N) is 2. The molecule has 138 valence electrons. The molecule has 1 aromatic heterocycles. The summed E-state index contributed by atoms with van der Waals surface area (Å²) >= 11 is 0. The van der Waals surface area contributed by atoms with Crippen molar-refractivity contribution in [2.75, 3.05) is 0 Å². The van der Waals surface area contributed by atoms with Crippen molar-refractivity contribution in [1.29, 1.82) is 0 Å². The van der Waals surface area contributed by atoms with E-state index in [4.69, 9.17) is 0 Å². The summed E-state index contributed by atoms with van der Waals surface area (Å²) in [5.41, 5.74) is 0.499. The zero-order valence-corrected chi connectivity index (χ0v) is 14.4. The van der Waals surface area contributed by atoms with E-state index in [1.807, 2.05) is 6.92 Å². The number of phenols is 1. The van der Waals surface area contributed by atoms with E-state index in [0.717, 1.165) is 11.0 Å². The number of hydrogen-bond acceptors (Lipinski definition) is 6. The quantitative estimate of drug-likeness (QED) is 0.448. The molecule has 0 saturated carbocycles. The van der Waals surface area contributed by atoms with Crippen LogP contribution < -0.4 is 16.7 Å². The normalized spacial score (nSPS) is 11.4. The molecule has 0 fully saturated rings. The number of hydrogen-bond donors (Lipinski definition) is 4. The molecule has 9 nitrogen and oxygen atoms in total. The maximum absolute atomic E-state index is 12.1. The summed E-state index contributed by atoms with van der Waals surface area (Å²) in [5.74, 6) is -1.41. The molecule has 2 aromatic rings. The summed E-state index contributed by atoms with van der Waals surface area (Å²) in [5, 5.41) is 23.7. The van der Waals surface area contributed by atoms with E-state index in [2.05, 4.69) is 15.5 Å². The van der Waals surface area contributed by atoms with Gasteiger partial charge in [0.25, 0.3) is 11.5 Å². The molecule has 0 bridgehead atoms. The van der Waals surface area contributed by atoms with Gasteiger partial charge in [0.1, 0.15) is 11.3 Å². The Hall–Kier alpha value is -3.36. The van der Waals surface area contributed by atoms with Crippen LogP contribution in [-0.2, 0) is 6.54 Å². The summed E-state index contributed by atoms with van der Waals surface area (Å²) in [7, 11) is 0. The molecule has 1 amide bonds. The smallest absolute Gasteiger partial charge is 0.331 e. The van der Waals surface area contributed by atoms with E-state index in [0.29, 0.717) is 6.42 Å². The number of H-pyrrole nitrogens is 1. The Labute approximate surface area is 148 Å². The number of aromatic nitrogens is 2. The Balaban J connectivity index is 2.34. The summed E-state index contributed by atoms with van der Waals surface area (Å²) in [6.45, 7) is 3.57. The molecule has 0 spiro atoms. The first-order valence-corrected chi connectivity index (χ1v) is 8.05. The third kappa shape index (κ3) is 4.00. The van der Waals surface area contributed by atoms with Crippen molar-refractivity contribution >= 4 is 11.6 Å². The molecule has 0 radical (unpaired) electrons. The zero-order chi connectivity index (χ0) is 19.3. The van der Waals surface area contributed by atoms with E-state index < -0.39 is 23.0 Å². The van der Waals surface area contributed by atoms with Crippen LogP contribution in [0.4, 0.5) is 0 Å². The van der Waals surface area contributed by atoms with Crippen LogP contribution in [0.5, 0.6) is 11.6 Å². The van der Waals surface area contributed by atoms with Gasteiger partial charge in [0.15, 0.2) is 0 Å². The van der Waals surface area contributed by atoms with Crippen LogP contribution >= 0.6 is 0 Å². The molecule has 0 atom stereocenters. The number of carbonyl (C=O) groups is 1. The van der Waals surface area contributed by atoms with Gasteiger partial charge in [-0.1, -0.05) is 25.5 Å². The lowest BCUT2D eigenvalue weighted by Gasteiger charge is -2.11. The summed E-state index contributed by atoms with van der Waals surface area (Å²) in [6, 6.07) is 5.90. The van der Waals surface area contributed by atoms with E-state index in [1.54, 1.807) is 12.1 Å². The average molecular weight is 360 g/mol. The third-order valence-corrected chi connectivity index (χ3v) is 3.74. The van der Waals surface area contributed by atoms with Gasteiger partial charge in [-0.05, 0) is 25.5 Å². The fourth-order valence-corrected chi connectivity index (χ4v) is 2.33. The summed E-state index contributed by atoms with van der Waals surface area (Å²) in [4.78, 5) is 38.1. The number of hydrazone groups is 1. The predicted molar refractivity (Wildman–Crippen MR) is 95.7 cm³/mol. The number of aromatic amines is 1. The van der Waals surface area contributed by atoms with E-state index >= 15 is 0 Å². The molecule has 0 aliphatic carbocycles. The second kappa shape index (κ2) is 8.15. The van der Waals surface area contributed by atoms with Crippen LogP contribution in [0.1, 0.15) is 42.6 Å². The third-order valence-electron chi connectivity index (χ3n) is 3.74. The zero-order valence-electron chi connectivity index (χ0n) is 14.4. The fraction of sp³-hybridized carbons (Fsp3) is 0.294. The van der Waals surface area contributed by atoms with Crippen LogP contribution in [0.3, 0.4) is 0 Å². The Morgan fingerprint density at radius 2 is 1.96 bits per heavy atom. The molecule has 0 unspecified atom stereocenters. The second-order valence-electron chi connectivity index (χ2n) is 5.62. The molecular formula is C17H20N4O5. The maximum atomic E-state index is 12.1. The number of phenolic OH excluding ortho intramolecular Hbond substituents is 1. The Morgan fingerprint density at radius 1 is 1.27 bits per heavy atom. The van der Waals surface area contributed by atoms with E-state index in [9.17, 15) is 24.6 Å². The van der Waals surface area contributed by atoms with Crippen molar-refractivity contribution in [1.82, 2.24) is 15.0 Å². The molecule has 2 rings (SSSR count). The van der Waals surface area contributed by atoms with Gasteiger partial charge in [-0.3, -0.25) is 19.1 Å². The number of amides is 1. The van der Waals surface area contributed by atoms with E-state index in [1.165, 1.54) is 19.1 Å². The SMILES string of the molecule is CCCCn1c(O)c(/C(C)=N/NC(=O)c2ccccc2O)c(=O)[nH]c1=O. The Morgan fingerprint density at radius 3 is 2.62 bits per heavy atom. The molecule has 0 aliphatic rings. The second-order valence-corrected chi connectivity index (χ2v) is 5.62. The lowest BCUT2D eigenvalue weighted by Crippen LogP contribution is -2.34. The fourth-order valence-electron chi connectivity index (χ4n) is 2.33. The molecule has 9 heteroatoms. The largest absolute Gasteiger partial charge is 0.507 e. The van der Waals surface area contributed by atoms with Gasteiger partial charge < -0.3 is 10.2 Å². The average Bonchev–Trinajstić information content (AvgIpc) is 2.59. The first-order chi connectivity index (χ1) is 12.4. The highest BCUT2D eigenvalue weighted by molar-refractivity contribution is 6.02. The summed E-state index contributed by atoms with van der Waals surface area (Å²) in [6.07, 6.45) is 1.43. The molecule has 1 aromatic carbocycles. The molecular weight excluding hydrogens is 340 g/mol. The van der Waals surface area contributed by atoms with Crippen molar-refractivity contribution in [3.8, 4) is 11.6 Å². The number of para-hydroxylation sites is 1. The monoisotopic (exact) mass is 360 g/mol. The number of aromatic hydroxyl groups is 2. The lowest BCUT2D eigenvalue weighted by atomic mass is 10.2. The maximum Gasteiger partial charge on any atom is 0.331 e. The first-order valence-electron chi connectivity index (χ1n) is 8.05. The van der Waals surface area contributed by atoms with Gasteiger partial charge >= 0.3 is 5.69 Å². The van der Waals surface area contributed by atoms with Crippen molar-refractivity contribution in [2.45, 2.75) is 33.2 Å². The first kappa shape index (κ1) is 19.0. The van der Waals surface area contributed by atoms with Gasteiger partial charge in [0.2, 0.25) is 5.88 Å². The Bertz CT molecular complexity index is 958. The highest BCUT2D eigenvalue weighted by Gasteiger charge is 2.17. The Kier molecular flexibility index (Phi) is 5.94. The van der Waals surface area contributed by atoms with Crippen molar-refractivity contribution in [2.24, 2.45) is 5.10 Å². The van der Waals surface area contributed by atoms with Crippen molar-refractivity contribution in [3.05, 3.63) is 56.2 Å². The van der Waals surface area contributed by atoms with Crippen molar-refractivity contribution in [3.63, 3.8) is 0 Å². The number of carbonyl (C=O) groups excluding carboxylic acids is 1. The molecule has 1 heterocycles. The van der Waals surface area contributed by atoms with Crippen LogP contribution in [0, 0.1) is 0 Å². The van der Waals surface area contributed by atoms with Gasteiger partial charge in [0, 0.05) is 6.54 Å². The molecule has 0 saturated heterocycles. The van der Waals surface area contributed by atoms with E-state index in [-0.39, 0.29) is 29.1 Å². The molecule has 0 aliphatic heterocycles. The van der Waals surface area contributed by atoms with Gasteiger partial charge in [-0.2, -0.15) is 5.10 Å². The van der Waals surface area contributed by atoms with Crippen LogP contribution in [0.25, 0.3) is 0 Å². The minimum Gasteiger partial charge on any atom is -0.507 e. The standard InChI is InChI=1S/C17H20N4O5/c1-3-4-9-21-16(25)13(15(24)18-17(21)26)10(2)19-20-14(23)11-7-5-6-8-12(11)22/h5-8,22,25H,3-4,9H2,1-2H3,(H,20,23)(H,18,24,26)/b19-10+.